The van der Waals surface area contributed by atoms with Crippen molar-refractivity contribution >= 4 is 11.6 Å². The first-order valence-corrected chi connectivity index (χ1v) is 9.39. The summed E-state index contributed by atoms with van der Waals surface area (Å²) >= 11 is 0. The Labute approximate surface area is 162 Å². The van der Waals surface area contributed by atoms with Crippen LogP contribution in [0.25, 0.3) is 11.4 Å². The number of halogens is 1. The molecule has 1 atom stereocenters. The quantitative estimate of drug-likeness (QED) is 0.726. The molecule has 4 rings (SSSR count). The van der Waals surface area contributed by atoms with Crippen LogP contribution in [-0.4, -0.2) is 27.3 Å². The van der Waals surface area contributed by atoms with E-state index in [2.05, 4.69) is 15.5 Å². The number of carbonyl (C=O) groups excluding carboxylic acids is 1. The molecule has 0 aliphatic carbocycles. The normalized spacial score (nSPS) is 15.7. The minimum Gasteiger partial charge on any atom is -0.492 e. The van der Waals surface area contributed by atoms with Crippen LogP contribution in [-0.2, 0) is 11.3 Å². The Morgan fingerprint density at radius 2 is 2.00 bits per heavy atom. The largest absolute Gasteiger partial charge is 0.492 e. The highest BCUT2D eigenvalue weighted by atomic mass is 19.1. The molecular formula is C21H21FN4O2. The van der Waals surface area contributed by atoms with Crippen molar-refractivity contribution in [3.05, 3.63) is 60.2 Å². The third-order valence-corrected chi connectivity index (χ3v) is 4.83. The van der Waals surface area contributed by atoms with Gasteiger partial charge in [-0.1, -0.05) is 12.1 Å². The summed E-state index contributed by atoms with van der Waals surface area (Å²) in [5.74, 6) is 1.10. The number of nitrogens with one attached hydrogen (secondary N) is 1. The van der Waals surface area contributed by atoms with Gasteiger partial charge in [-0.25, -0.2) is 4.39 Å². The second-order valence-electron chi connectivity index (χ2n) is 6.65. The highest BCUT2D eigenvalue weighted by Gasteiger charge is 2.31. The van der Waals surface area contributed by atoms with Crippen molar-refractivity contribution < 1.29 is 13.9 Å². The third kappa shape index (κ3) is 3.47. The molecule has 6 nitrogen and oxygen atoms in total. The first-order valence-electron chi connectivity index (χ1n) is 9.39. The number of nitrogens with zero attached hydrogens (tertiary/aromatic N) is 3. The van der Waals surface area contributed by atoms with Crippen LogP contribution in [0.15, 0.2) is 48.5 Å². The van der Waals surface area contributed by atoms with Crippen LogP contribution >= 0.6 is 0 Å². The van der Waals surface area contributed by atoms with Gasteiger partial charge in [-0.3, -0.25) is 4.79 Å². The van der Waals surface area contributed by atoms with E-state index in [9.17, 15) is 9.18 Å². The zero-order valence-corrected chi connectivity index (χ0v) is 15.6. The number of aromatic nitrogens is 3. The molecule has 1 amide bonds. The molecule has 3 aromatic rings. The maximum Gasteiger partial charge on any atom is 0.235 e. The number of fused-ring (bicyclic) bond motifs is 1. The van der Waals surface area contributed by atoms with Gasteiger partial charge >= 0.3 is 0 Å². The molecule has 2 heterocycles. The Morgan fingerprint density at radius 3 is 2.79 bits per heavy atom. The molecule has 1 unspecified atom stereocenters. The molecule has 2 aromatic carbocycles. The molecule has 0 saturated carbocycles. The summed E-state index contributed by atoms with van der Waals surface area (Å²) in [5.41, 5.74) is 1.42. The second kappa shape index (κ2) is 7.80. The van der Waals surface area contributed by atoms with E-state index in [0.29, 0.717) is 36.1 Å². The number of benzene rings is 2. The number of hydrogen-bond donors (Lipinski definition) is 1. The van der Waals surface area contributed by atoms with Gasteiger partial charge in [-0.15, -0.1) is 10.2 Å². The van der Waals surface area contributed by atoms with E-state index in [0.717, 1.165) is 18.5 Å². The van der Waals surface area contributed by atoms with Crippen LogP contribution in [0.4, 0.5) is 10.1 Å². The summed E-state index contributed by atoms with van der Waals surface area (Å²) in [7, 11) is 0. The maximum atomic E-state index is 13.2. The summed E-state index contributed by atoms with van der Waals surface area (Å²) in [5, 5.41) is 11.5. The van der Waals surface area contributed by atoms with Gasteiger partial charge in [0.1, 0.15) is 17.4 Å². The lowest BCUT2D eigenvalue weighted by atomic mass is 9.97. The predicted octanol–water partition coefficient (Wildman–Crippen LogP) is 4.00. The van der Waals surface area contributed by atoms with Crippen molar-refractivity contribution in [2.24, 2.45) is 0 Å². The third-order valence-electron chi connectivity index (χ3n) is 4.83. The SMILES string of the molecule is CCOc1ccccc1NC(=O)C1CCCn2c(-c3ccc(F)cc3)nnc21. The number of anilines is 1. The molecule has 0 saturated heterocycles. The summed E-state index contributed by atoms with van der Waals surface area (Å²) < 4.78 is 20.8. The van der Waals surface area contributed by atoms with Gasteiger partial charge in [-0.2, -0.15) is 0 Å². The molecule has 0 fully saturated rings. The first-order chi connectivity index (χ1) is 13.7. The van der Waals surface area contributed by atoms with Crippen molar-refractivity contribution in [2.45, 2.75) is 32.2 Å². The van der Waals surface area contributed by atoms with Crippen molar-refractivity contribution in [2.75, 3.05) is 11.9 Å². The lowest BCUT2D eigenvalue weighted by Gasteiger charge is -2.23. The van der Waals surface area contributed by atoms with Gasteiger partial charge in [0.25, 0.3) is 0 Å². The fourth-order valence-electron chi connectivity index (χ4n) is 3.51. The molecule has 0 spiro atoms. The zero-order chi connectivity index (χ0) is 19.5. The van der Waals surface area contributed by atoms with Gasteiger partial charge in [0.2, 0.25) is 5.91 Å². The minimum absolute atomic E-state index is 0.133. The lowest BCUT2D eigenvalue weighted by molar-refractivity contribution is -0.118. The number of amides is 1. The van der Waals surface area contributed by atoms with E-state index >= 15 is 0 Å². The molecule has 7 heteroatoms. The molecular weight excluding hydrogens is 359 g/mol. The summed E-state index contributed by atoms with van der Waals surface area (Å²) in [6.07, 6.45) is 1.54. The maximum absolute atomic E-state index is 13.2. The zero-order valence-electron chi connectivity index (χ0n) is 15.6. The van der Waals surface area contributed by atoms with Gasteiger partial charge in [0.05, 0.1) is 18.2 Å². The predicted molar refractivity (Wildman–Crippen MR) is 104 cm³/mol. The monoisotopic (exact) mass is 380 g/mol. The average molecular weight is 380 g/mol. The highest BCUT2D eigenvalue weighted by molar-refractivity contribution is 5.96. The highest BCUT2D eigenvalue weighted by Crippen LogP contribution is 2.32. The average Bonchev–Trinajstić information content (AvgIpc) is 3.14. The van der Waals surface area contributed by atoms with Crippen LogP contribution in [0.2, 0.25) is 0 Å². The number of para-hydroxylation sites is 2. The van der Waals surface area contributed by atoms with Crippen molar-refractivity contribution in [1.29, 1.82) is 0 Å². The Kier molecular flexibility index (Phi) is 5.06. The van der Waals surface area contributed by atoms with E-state index in [-0.39, 0.29) is 11.7 Å². The fraction of sp³-hybridized carbons (Fsp3) is 0.286. The lowest BCUT2D eigenvalue weighted by Crippen LogP contribution is -2.28. The van der Waals surface area contributed by atoms with Gasteiger partial charge in [-0.05, 0) is 56.2 Å². The minimum atomic E-state index is -0.398. The molecule has 28 heavy (non-hydrogen) atoms. The smallest absolute Gasteiger partial charge is 0.235 e. The van der Waals surface area contributed by atoms with Crippen molar-refractivity contribution in [1.82, 2.24) is 14.8 Å². The molecule has 1 aliphatic rings. The van der Waals surface area contributed by atoms with Crippen LogP contribution in [0.1, 0.15) is 31.5 Å². The van der Waals surface area contributed by atoms with E-state index < -0.39 is 5.92 Å². The van der Waals surface area contributed by atoms with E-state index in [1.165, 1.54) is 12.1 Å². The Bertz CT molecular complexity index is 984. The number of carbonyl (C=O) groups is 1. The number of rotatable bonds is 5. The number of ether oxygens (including phenoxy) is 1. The second-order valence-corrected chi connectivity index (χ2v) is 6.65. The molecule has 1 aliphatic heterocycles. The van der Waals surface area contributed by atoms with Crippen LogP contribution in [0.3, 0.4) is 0 Å². The van der Waals surface area contributed by atoms with Crippen molar-refractivity contribution in [3.63, 3.8) is 0 Å². The van der Waals surface area contributed by atoms with Crippen LogP contribution < -0.4 is 10.1 Å². The number of hydrogen-bond acceptors (Lipinski definition) is 4. The summed E-state index contributed by atoms with van der Waals surface area (Å²) in [6.45, 7) is 3.15. The Morgan fingerprint density at radius 1 is 1.21 bits per heavy atom. The standard InChI is InChI=1S/C21H21FN4O2/c1-2-28-18-8-4-3-7-17(18)23-21(27)16-6-5-13-26-19(24-25-20(16)26)14-9-11-15(22)12-10-14/h3-4,7-12,16H,2,5-6,13H2,1H3,(H,23,27). The topological polar surface area (TPSA) is 69.0 Å². The van der Waals surface area contributed by atoms with E-state index in [1.54, 1.807) is 12.1 Å². The molecule has 144 valence electrons. The summed E-state index contributed by atoms with van der Waals surface area (Å²) in [4.78, 5) is 13.0. The van der Waals surface area contributed by atoms with Gasteiger partial charge in [0.15, 0.2) is 5.82 Å². The fourth-order valence-corrected chi connectivity index (χ4v) is 3.51. The molecule has 1 aromatic heterocycles. The van der Waals surface area contributed by atoms with E-state index in [4.69, 9.17) is 4.74 Å². The summed E-state index contributed by atoms with van der Waals surface area (Å²) in [6, 6.07) is 13.5. The van der Waals surface area contributed by atoms with Gasteiger partial charge in [0, 0.05) is 12.1 Å². The van der Waals surface area contributed by atoms with Crippen LogP contribution in [0, 0.1) is 5.82 Å². The Hall–Kier alpha value is -3.22. The van der Waals surface area contributed by atoms with Crippen LogP contribution in [0.5, 0.6) is 5.75 Å². The van der Waals surface area contributed by atoms with E-state index in [1.807, 2.05) is 35.8 Å². The molecule has 0 bridgehead atoms. The molecule has 0 radical (unpaired) electrons. The first kappa shape index (κ1) is 18.2. The molecule has 1 N–H and O–H groups in total. The Balaban J connectivity index is 1.60. The van der Waals surface area contributed by atoms with Crippen molar-refractivity contribution in [3.8, 4) is 17.1 Å². The van der Waals surface area contributed by atoms with Gasteiger partial charge < -0.3 is 14.6 Å².